The average molecular weight is 580 g/mol. The maximum atomic E-state index is 2.39. The van der Waals surface area contributed by atoms with Gasteiger partial charge in [0.1, 0.15) is 6.54 Å². The minimum absolute atomic E-state index is 0. The van der Waals surface area contributed by atoms with Crippen LogP contribution >= 0.6 is 22.6 Å². The fourth-order valence-corrected chi connectivity index (χ4v) is 4.21. The second-order valence-electron chi connectivity index (χ2n) is 6.41. The van der Waals surface area contributed by atoms with Gasteiger partial charge in [-0.2, -0.15) is 4.57 Å². The number of rotatable bonds is 3. The van der Waals surface area contributed by atoms with Gasteiger partial charge in [0, 0.05) is 45.1 Å². The van der Waals surface area contributed by atoms with Crippen LogP contribution in [-0.2, 0) is 6.54 Å². The van der Waals surface area contributed by atoms with Crippen LogP contribution in [0.4, 0.5) is 5.69 Å². The van der Waals surface area contributed by atoms with Crippen molar-refractivity contribution in [2.45, 2.75) is 20.4 Å². The minimum atomic E-state index is 0. The van der Waals surface area contributed by atoms with Crippen LogP contribution in [0.5, 0.6) is 0 Å². The number of likely N-dealkylation sites (N-methyl/N-ethyl adjacent to an activating group) is 1. The first-order valence-corrected chi connectivity index (χ1v) is 10.2. The molecule has 0 aliphatic carbocycles. The number of halogens is 2. The summed E-state index contributed by atoms with van der Waals surface area (Å²) in [5.74, 6) is 0. The minimum Gasteiger partial charge on any atom is -1.00 e. The standard InChI is InChI=1S/C23H22IN2.HI/c1-3-25-20(12-9-17-7-5-6-8-22(17)25)16-21-13-10-18-15-19(24)11-14-23(18)26(21)4-2;/h5-16H,3-4H2,1-2H3;1H/q+1;/p-1. The van der Waals surface area contributed by atoms with Crippen LogP contribution < -0.4 is 33.4 Å². The van der Waals surface area contributed by atoms with Crippen LogP contribution in [0.15, 0.2) is 66.4 Å². The molecule has 2 nitrogen and oxygen atoms in total. The molecule has 0 saturated heterocycles. The zero-order valence-electron chi connectivity index (χ0n) is 15.5. The maximum absolute atomic E-state index is 2.39. The molecule has 0 fully saturated rings. The third kappa shape index (κ3) is 3.92. The number of pyridine rings is 1. The molecule has 4 rings (SSSR count). The molecular weight excluding hydrogens is 558 g/mol. The molecule has 138 valence electrons. The molecule has 0 bridgehead atoms. The first-order valence-electron chi connectivity index (χ1n) is 9.09. The number of fused-ring (bicyclic) bond motifs is 2. The predicted molar refractivity (Wildman–Crippen MR) is 119 cm³/mol. The van der Waals surface area contributed by atoms with E-state index in [1.54, 1.807) is 0 Å². The van der Waals surface area contributed by atoms with Crippen molar-refractivity contribution in [3.63, 3.8) is 0 Å². The Morgan fingerprint density at radius 2 is 1.81 bits per heavy atom. The number of hydrogen-bond donors (Lipinski definition) is 0. The number of hydrogen-bond acceptors (Lipinski definition) is 1. The highest BCUT2D eigenvalue weighted by Gasteiger charge is 2.18. The Morgan fingerprint density at radius 3 is 2.59 bits per heavy atom. The van der Waals surface area contributed by atoms with E-state index in [0.29, 0.717) is 0 Å². The molecule has 1 aliphatic heterocycles. The van der Waals surface area contributed by atoms with Gasteiger partial charge in [0.05, 0.1) is 0 Å². The lowest BCUT2D eigenvalue weighted by Gasteiger charge is -2.29. The molecule has 0 radical (unpaired) electrons. The van der Waals surface area contributed by atoms with E-state index < -0.39 is 0 Å². The number of anilines is 1. The van der Waals surface area contributed by atoms with Crippen molar-refractivity contribution in [3.05, 3.63) is 81.2 Å². The van der Waals surface area contributed by atoms with Crippen molar-refractivity contribution in [1.82, 2.24) is 0 Å². The van der Waals surface area contributed by atoms with E-state index in [-0.39, 0.29) is 24.0 Å². The van der Waals surface area contributed by atoms with Crippen molar-refractivity contribution in [2.24, 2.45) is 0 Å². The molecule has 0 spiro atoms. The van der Waals surface area contributed by atoms with Crippen LogP contribution in [-0.4, -0.2) is 6.54 Å². The van der Waals surface area contributed by atoms with Gasteiger partial charge in [-0.1, -0.05) is 24.3 Å². The van der Waals surface area contributed by atoms with Crippen molar-refractivity contribution < 1.29 is 28.5 Å². The Balaban J connectivity index is 0.00000210. The largest absolute Gasteiger partial charge is 1.00 e. The lowest BCUT2D eigenvalue weighted by Crippen LogP contribution is -3.00. The van der Waals surface area contributed by atoms with Crippen molar-refractivity contribution in [2.75, 3.05) is 11.4 Å². The summed E-state index contributed by atoms with van der Waals surface area (Å²) in [5, 5.41) is 1.29. The first-order chi connectivity index (χ1) is 12.7. The Hall–Kier alpha value is -1.41. The summed E-state index contributed by atoms with van der Waals surface area (Å²) in [6.45, 7) is 6.32. The lowest BCUT2D eigenvalue weighted by molar-refractivity contribution is -0.669. The second kappa shape index (κ2) is 8.73. The summed E-state index contributed by atoms with van der Waals surface area (Å²) < 4.78 is 3.66. The number of nitrogens with zero attached hydrogens (tertiary/aromatic N) is 2. The van der Waals surface area contributed by atoms with E-state index in [1.807, 2.05) is 0 Å². The topological polar surface area (TPSA) is 7.12 Å². The molecule has 3 aromatic rings. The zero-order valence-corrected chi connectivity index (χ0v) is 19.8. The van der Waals surface area contributed by atoms with Gasteiger partial charge in [-0.25, -0.2) is 0 Å². The van der Waals surface area contributed by atoms with Gasteiger partial charge in [0.15, 0.2) is 0 Å². The van der Waals surface area contributed by atoms with Gasteiger partial charge in [-0.15, -0.1) is 0 Å². The molecule has 0 amide bonds. The summed E-state index contributed by atoms with van der Waals surface area (Å²) in [7, 11) is 0. The van der Waals surface area contributed by atoms with Crippen LogP contribution in [0.3, 0.4) is 0 Å². The zero-order chi connectivity index (χ0) is 18.1. The highest BCUT2D eigenvalue weighted by atomic mass is 127. The number of allylic oxidation sites excluding steroid dienone is 1. The Bertz CT molecular complexity index is 1040. The number of aromatic nitrogens is 1. The van der Waals surface area contributed by atoms with E-state index in [9.17, 15) is 0 Å². The number of benzene rings is 2. The van der Waals surface area contributed by atoms with E-state index >= 15 is 0 Å². The molecule has 0 unspecified atom stereocenters. The monoisotopic (exact) mass is 580 g/mol. The molecule has 1 aromatic heterocycles. The summed E-state index contributed by atoms with van der Waals surface area (Å²) in [4.78, 5) is 2.38. The third-order valence-corrected chi connectivity index (χ3v) is 5.60. The fraction of sp³-hybridized carbons (Fsp3) is 0.174. The maximum Gasteiger partial charge on any atom is 0.213 e. The highest BCUT2D eigenvalue weighted by molar-refractivity contribution is 14.1. The van der Waals surface area contributed by atoms with E-state index in [1.165, 1.54) is 37.1 Å². The predicted octanol–water partition coefficient (Wildman–Crippen LogP) is 2.65. The molecule has 0 N–H and O–H groups in total. The molecule has 2 aromatic carbocycles. The molecule has 0 atom stereocenters. The SMILES string of the molecule is CCN1/C(=C/c2ccc3cc(I)ccc3[n+]2CC)C=Cc2ccccc21.[I-]. The quantitative estimate of drug-likeness (QED) is 0.342. The summed E-state index contributed by atoms with van der Waals surface area (Å²) >= 11 is 2.38. The lowest BCUT2D eigenvalue weighted by atomic mass is 10.0. The Kier molecular flexibility index (Phi) is 6.57. The van der Waals surface area contributed by atoms with Crippen LogP contribution in [0.2, 0.25) is 0 Å². The average Bonchev–Trinajstić information content (AvgIpc) is 2.67. The molecule has 0 saturated carbocycles. The highest BCUT2D eigenvalue weighted by Crippen LogP contribution is 2.31. The van der Waals surface area contributed by atoms with E-state index in [0.717, 1.165) is 13.1 Å². The van der Waals surface area contributed by atoms with Crippen molar-refractivity contribution in [1.29, 1.82) is 0 Å². The molecule has 4 heteroatoms. The van der Waals surface area contributed by atoms with Gasteiger partial charge < -0.3 is 28.9 Å². The van der Waals surface area contributed by atoms with Gasteiger partial charge in [0.25, 0.3) is 0 Å². The van der Waals surface area contributed by atoms with Gasteiger partial charge in [-0.05, 0) is 72.3 Å². The van der Waals surface area contributed by atoms with Crippen LogP contribution in [0.1, 0.15) is 25.1 Å². The van der Waals surface area contributed by atoms with Gasteiger partial charge in [-0.3, -0.25) is 0 Å². The Labute approximate surface area is 191 Å². The summed E-state index contributed by atoms with van der Waals surface area (Å²) in [6.07, 6.45) is 6.74. The van der Waals surface area contributed by atoms with Gasteiger partial charge in [0.2, 0.25) is 11.2 Å². The molecular formula is C23H22I2N2. The smallest absolute Gasteiger partial charge is 0.213 e. The van der Waals surface area contributed by atoms with Gasteiger partial charge >= 0.3 is 0 Å². The third-order valence-electron chi connectivity index (χ3n) is 4.93. The number of aryl methyl sites for hydroxylation is 1. The molecule has 27 heavy (non-hydrogen) atoms. The van der Waals surface area contributed by atoms with E-state index in [2.05, 4.69) is 119 Å². The van der Waals surface area contributed by atoms with Crippen LogP contribution in [0.25, 0.3) is 23.1 Å². The fourth-order valence-electron chi connectivity index (χ4n) is 3.70. The van der Waals surface area contributed by atoms with Crippen molar-refractivity contribution in [3.8, 4) is 0 Å². The van der Waals surface area contributed by atoms with Crippen LogP contribution in [0, 0.1) is 3.57 Å². The second-order valence-corrected chi connectivity index (χ2v) is 7.66. The first kappa shape index (κ1) is 20.3. The summed E-state index contributed by atoms with van der Waals surface area (Å²) in [6, 6.07) is 19.7. The molecule has 1 aliphatic rings. The summed E-state index contributed by atoms with van der Waals surface area (Å²) in [5.41, 5.74) is 6.31. The van der Waals surface area contributed by atoms with E-state index in [4.69, 9.17) is 0 Å². The normalized spacial score (nSPS) is 14.3. The Morgan fingerprint density at radius 1 is 1.00 bits per heavy atom. The number of para-hydroxylation sites is 1. The molecule has 2 heterocycles. The van der Waals surface area contributed by atoms with Crippen molar-refractivity contribution >= 4 is 51.3 Å².